The highest BCUT2D eigenvalue weighted by molar-refractivity contribution is 7.91. The molecule has 0 bridgehead atoms. The van der Waals surface area contributed by atoms with Crippen molar-refractivity contribution >= 4 is 22.1 Å². The quantitative estimate of drug-likeness (QED) is 0.668. The third-order valence-electron chi connectivity index (χ3n) is 4.62. The molecule has 0 aromatic carbocycles. The maximum absolute atomic E-state index is 11.9. The smallest absolute Gasteiger partial charge is 0.199 e. The van der Waals surface area contributed by atoms with Crippen LogP contribution in [0, 0.1) is 10.7 Å². The number of hydrogen-bond donors (Lipinski definition) is 0. The van der Waals surface area contributed by atoms with Gasteiger partial charge in [-0.2, -0.15) is 0 Å². The van der Waals surface area contributed by atoms with Crippen molar-refractivity contribution in [3.8, 4) is 11.6 Å². The molecule has 1 aliphatic heterocycles. The minimum atomic E-state index is -2.94. The maximum Gasteiger partial charge on any atom is 0.199 e. The lowest BCUT2D eigenvalue weighted by molar-refractivity contribution is 0.137. The van der Waals surface area contributed by atoms with Crippen molar-refractivity contribution in [2.45, 2.75) is 46.4 Å². The maximum atomic E-state index is 11.9. The molecule has 2 aromatic heterocycles. The summed E-state index contributed by atoms with van der Waals surface area (Å²) in [5.74, 6) is 2.28. The number of furan rings is 1. The van der Waals surface area contributed by atoms with Crippen molar-refractivity contribution in [1.29, 1.82) is 0 Å². The van der Waals surface area contributed by atoms with Crippen LogP contribution in [-0.4, -0.2) is 51.8 Å². The zero-order valence-electron chi connectivity index (χ0n) is 15.5. The summed E-state index contributed by atoms with van der Waals surface area (Å²) in [5, 5.41) is 4.67. The van der Waals surface area contributed by atoms with Crippen LogP contribution in [0.4, 0.5) is 0 Å². The van der Waals surface area contributed by atoms with E-state index in [1.807, 2.05) is 23.6 Å². The molecule has 3 heterocycles. The largest absolute Gasteiger partial charge is 0.461 e. The fourth-order valence-electron chi connectivity index (χ4n) is 3.43. The van der Waals surface area contributed by atoms with Gasteiger partial charge < -0.3 is 4.42 Å². The fraction of sp³-hybridized carbons (Fsp3) is 0.647. The number of sulfone groups is 1. The van der Waals surface area contributed by atoms with E-state index in [9.17, 15) is 8.42 Å². The van der Waals surface area contributed by atoms with Crippen LogP contribution in [0.1, 0.15) is 27.2 Å². The molecule has 2 aromatic rings. The third-order valence-corrected chi connectivity index (χ3v) is 6.80. The van der Waals surface area contributed by atoms with Gasteiger partial charge in [-0.1, -0.05) is 13.8 Å². The average molecular weight is 399 g/mol. The summed E-state index contributed by atoms with van der Waals surface area (Å²) in [7, 11) is -2.94. The standard InChI is InChI=1S/C17H26N4O3S2/c1-4-20-16(15-6-5-8-24-15)18-21(17(20)25)12-19(10-13(2)3)14-7-9-26(22,23)11-14/h5-6,8,13-14H,4,7,9-12H2,1-3H3. The van der Waals surface area contributed by atoms with E-state index < -0.39 is 9.84 Å². The van der Waals surface area contributed by atoms with Crippen LogP contribution in [0.2, 0.25) is 0 Å². The topological polar surface area (TPSA) is 73.3 Å². The van der Waals surface area contributed by atoms with Gasteiger partial charge in [-0.25, -0.2) is 13.1 Å². The van der Waals surface area contributed by atoms with Gasteiger partial charge in [0.05, 0.1) is 24.4 Å². The lowest BCUT2D eigenvalue weighted by atomic mass is 10.1. The molecule has 0 saturated carbocycles. The van der Waals surface area contributed by atoms with Crippen molar-refractivity contribution in [1.82, 2.24) is 19.2 Å². The summed E-state index contributed by atoms with van der Waals surface area (Å²) in [6.07, 6.45) is 2.29. The van der Waals surface area contributed by atoms with Crippen molar-refractivity contribution in [2.75, 3.05) is 18.1 Å². The highest BCUT2D eigenvalue weighted by Gasteiger charge is 2.33. The second-order valence-electron chi connectivity index (χ2n) is 7.19. The predicted octanol–water partition coefficient (Wildman–Crippen LogP) is 2.80. The minimum Gasteiger partial charge on any atom is -0.461 e. The SMILES string of the molecule is CCn1c(-c2ccco2)nn(CN(CC(C)C)C2CCS(=O)(=O)C2)c1=S. The molecule has 9 heteroatoms. The predicted molar refractivity (Wildman–Crippen MR) is 103 cm³/mol. The molecule has 7 nitrogen and oxygen atoms in total. The van der Waals surface area contributed by atoms with Crippen molar-refractivity contribution in [2.24, 2.45) is 5.92 Å². The van der Waals surface area contributed by atoms with Gasteiger partial charge >= 0.3 is 0 Å². The Hall–Kier alpha value is -1.45. The van der Waals surface area contributed by atoms with E-state index in [0.29, 0.717) is 41.9 Å². The fourth-order valence-corrected chi connectivity index (χ4v) is 5.51. The average Bonchev–Trinajstić information content (AvgIpc) is 3.26. The molecule has 1 atom stereocenters. The Balaban J connectivity index is 1.90. The molecule has 0 N–H and O–H groups in total. The molecule has 0 radical (unpaired) electrons. The molecule has 26 heavy (non-hydrogen) atoms. The molecule has 1 saturated heterocycles. The van der Waals surface area contributed by atoms with Gasteiger partial charge in [0.1, 0.15) is 0 Å². The summed E-state index contributed by atoms with van der Waals surface area (Å²) >= 11 is 5.61. The first-order chi connectivity index (χ1) is 12.3. The first-order valence-electron chi connectivity index (χ1n) is 8.96. The van der Waals surface area contributed by atoms with E-state index in [-0.39, 0.29) is 17.5 Å². The van der Waals surface area contributed by atoms with E-state index in [0.717, 1.165) is 6.54 Å². The zero-order valence-corrected chi connectivity index (χ0v) is 17.1. The highest BCUT2D eigenvalue weighted by Crippen LogP contribution is 2.22. The number of nitrogens with zero attached hydrogens (tertiary/aromatic N) is 4. The molecule has 1 unspecified atom stereocenters. The molecule has 1 aliphatic rings. The Labute approximate surface area is 159 Å². The number of hydrogen-bond acceptors (Lipinski definition) is 6. The molecule has 0 aliphatic carbocycles. The molecule has 0 spiro atoms. The number of rotatable bonds is 7. The van der Waals surface area contributed by atoms with E-state index in [1.54, 1.807) is 10.9 Å². The van der Waals surface area contributed by atoms with Crippen molar-refractivity contribution in [3.05, 3.63) is 23.2 Å². The van der Waals surface area contributed by atoms with E-state index >= 15 is 0 Å². The van der Waals surface area contributed by atoms with Gasteiger partial charge in [-0.3, -0.25) is 9.47 Å². The molecule has 0 amide bonds. The molecule has 144 valence electrons. The second-order valence-corrected chi connectivity index (χ2v) is 9.78. The Morgan fingerprint density at radius 3 is 2.77 bits per heavy atom. The van der Waals surface area contributed by atoms with Crippen LogP contribution < -0.4 is 0 Å². The van der Waals surface area contributed by atoms with Crippen LogP contribution in [0.3, 0.4) is 0 Å². The monoisotopic (exact) mass is 398 g/mol. The minimum absolute atomic E-state index is 0.0168. The first kappa shape index (κ1) is 19.3. The molecular formula is C17H26N4O3S2. The summed E-state index contributed by atoms with van der Waals surface area (Å²) in [6.45, 7) is 8.26. The van der Waals surface area contributed by atoms with Gasteiger partial charge in [0, 0.05) is 19.1 Å². The van der Waals surface area contributed by atoms with E-state index in [4.69, 9.17) is 16.6 Å². The summed E-state index contributed by atoms with van der Waals surface area (Å²) in [5.41, 5.74) is 0. The van der Waals surface area contributed by atoms with Crippen LogP contribution >= 0.6 is 12.2 Å². The van der Waals surface area contributed by atoms with Crippen molar-refractivity contribution < 1.29 is 12.8 Å². The number of aromatic nitrogens is 3. The Morgan fingerprint density at radius 1 is 1.46 bits per heavy atom. The van der Waals surface area contributed by atoms with Gasteiger partial charge in [0.15, 0.2) is 26.2 Å². The summed E-state index contributed by atoms with van der Waals surface area (Å²) < 4.78 is 33.7. The van der Waals surface area contributed by atoms with Gasteiger partial charge in [-0.05, 0) is 43.6 Å². The van der Waals surface area contributed by atoms with E-state index in [1.165, 1.54) is 0 Å². The first-order valence-corrected chi connectivity index (χ1v) is 11.2. The van der Waals surface area contributed by atoms with Crippen LogP contribution in [0.5, 0.6) is 0 Å². The Kier molecular flexibility index (Phi) is 5.69. The zero-order chi connectivity index (χ0) is 18.9. The molecule has 1 fully saturated rings. The van der Waals surface area contributed by atoms with E-state index in [2.05, 4.69) is 23.8 Å². The van der Waals surface area contributed by atoms with Gasteiger partial charge in [0.25, 0.3) is 0 Å². The van der Waals surface area contributed by atoms with Crippen LogP contribution in [-0.2, 0) is 23.1 Å². The third kappa shape index (κ3) is 4.10. The second kappa shape index (κ2) is 7.66. The van der Waals surface area contributed by atoms with Crippen LogP contribution in [0.25, 0.3) is 11.6 Å². The van der Waals surface area contributed by atoms with Gasteiger partial charge in [-0.15, -0.1) is 5.10 Å². The van der Waals surface area contributed by atoms with Gasteiger partial charge in [0.2, 0.25) is 0 Å². The lowest BCUT2D eigenvalue weighted by Crippen LogP contribution is -2.40. The normalized spacial score (nSPS) is 19.7. The molecular weight excluding hydrogens is 372 g/mol. The molecule has 3 rings (SSSR count). The Bertz CT molecular complexity index is 897. The van der Waals surface area contributed by atoms with Crippen molar-refractivity contribution in [3.63, 3.8) is 0 Å². The summed E-state index contributed by atoms with van der Waals surface area (Å²) in [4.78, 5) is 2.20. The van der Waals surface area contributed by atoms with Crippen LogP contribution in [0.15, 0.2) is 22.8 Å². The highest BCUT2D eigenvalue weighted by atomic mass is 32.2. The summed E-state index contributed by atoms with van der Waals surface area (Å²) in [6, 6.07) is 3.71. The lowest BCUT2D eigenvalue weighted by Gasteiger charge is -2.29. The Morgan fingerprint density at radius 2 is 2.23 bits per heavy atom.